The first-order valence-corrected chi connectivity index (χ1v) is 9.87. The Morgan fingerprint density at radius 1 is 0.828 bits per heavy atom. The van der Waals surface area contributed by atoms with Crippen molar-refractivity contribution in [2.75, 3.05) is 14.2 Å². The van der Waals surface area contributed by atoms with Gasteiger partial charge >= 0.3 is 11.9 Å². The van der Waals surface area contributed by atoms with Crippen LogP contribution in [0.1, 0.15) is 51.1 Å². The van der Waals surface area contributed by atoms with Gasteiger partial charge in [-0.1, -0.05) is 36.4 Å². The molecule has 4 heteroatoms. The van der Waals surface area contributed by atoms with Gasteiger partial charge in [-0.25, -0.2) is 9.59 Å². The van der Waals surface area contributed by atoms with Crippen LogP contribution in [0.4, 0.5) is 0 Å². The first-order valence-electron chi connectivity index (χ1n) is 9.87. The van der Waals surface area contributed by atoms with Gasteiger partial charge in [0.05, 0.1) is 25.3 Å². The highest BCUT2D eigenvalue weighted by Crippen LogP contribution is 2.45. The molecule has 0 fully saturated rings. The molecule has 0 N–H and O–H groups in total. The molecule has 0 aromatic heterocycles. The molecule has 148 valence electrons. The van der Waals surface area contributed by atoms with E-state index in [4.69, 9.17) is 9.47 Å². The molecule has 0 radical (unpaired) electrons. The van der Waals surface area contributed by atoms with Gasteiger partial charge in [0, 0.05) is 0 Å². The van der Waals surface area contributed by atoms with Gasteiger partial charge in [0.25, 0.3) is 0 Å². The Bertz CT molecular complexity index is 980. The number of fused-ring (bicyclic) bond motifs is 2. The van der Waals surface area contributed by atoms with Crippen molar-refractivity contribution < 1.29 is 19.1 Å². The lowest BCUT2D eigenvalue weighted by atomic mass is 9.91. The van der Waals surface area contributed by atoms with Crippen LogP contribution < -0.4 is 0 Å². The summed E-state index contributed by atoms with van der Waals surface area (Å²) in [6.45, 7) is 0. The molecule has 0 heterocycles. The number of benzene rings is 2. The van der Waals surface area contributed by atoms with E-state index in [1.54, 1.807) is 0 Å². The molecule has 2 atom stereocenters. The fraction of sp³-hybridized carbons (Fsp3) is 0.280. The summed E-state index contributed by atoms with van der Waals surface area (Å²) in [5, 5.41) is 0. The maximum Gasteiger partial charge on any atom is 0.337 e. The molecular formula is C25H24O4. The molecule has 4 rings (SSSR count). The molecule has 0 aliphatic heterocycles. The predicted molar refractivity (Wildman–Crippen MR) is 112 cm³/mol. The average Bonchev–Trinajstić information content (AvgIpc) is 3.05. The maximum absolute atomic E-state index is 11.7. The predicted octanol–water partition coefficient (Wildman–Crippen LogP) is 5.16. The number of carbonyl (C=O) groups is 2. The second-order valence-electron chi connectivity index (χ2n) is 7.62. The number of carbonyl (C=O) groups excluding carboxylic acids is 2. The van der Waals surface area contributed by atoms with Gasteiger partial charge in [-0.05, 0) is 77.6 Å². The lowest BCUT2D eigenvalue weighted by Crippen LogP contribution is -2.02. The van der Waals surface area contributed by atoms with Crippen molar-refractivity contribution >= 4 is 23.1 Å². The average molecular weight is 388 g/mol. The summed E-state index contributed by atoms with van der Waals surface area (Å²) in [6, 6.07) is 15.4. The van der Waals surface area contributed by atoms with E-state index >= 15 is 0 Å². The van der Waals surface area contributed by atoms with Crippen molar-refractivity contribution in [2.45, 2.75) is 19.3 Å². The lowest BCUT2D eigenvalue weighted by molar-refractivity contribution is 0.0592. The summed E-state index contributed by atoms with van der Waals surface area (Å²) < 4.78 is 9.56. The molecule has 2 bridgehead atoms. The molecule has 0 spiro atoms. The third-order valence-electron chi connectivity index (χ3n) is 5.89. The largest absolute Gasteiger partial charge is 0.465 e. The van der Waals surface area contributed by atoms with Gasteiger partial charge in [-0.3, -0.25) is 0 Å². The van der Waals surface area contributed by atoms with E-state index in [2.05, 4.69) is 12.2 Å². The Labute approximate surface area is 170 Å². The minimum atomic E-state index is -0.309. The van der Waals surface area contributed by atoms with E-state index in [1.807, 2.05) is 48.5 Å². The fourth-order valence-electron chi connectivity index (χ4n) is 4.39. The zero-order chi connectivity index (χ0) is 20.4. The molecule has 4 nitrogen and oxygen atoms in total. The SMILES string of the molecule is COC(=O)c1ccc(C2=CC[C@@H]3C[C@@H](C=C3c3ccc(C(=O)OC)cc3)C2)cc1. The maximum atomic E-state index is 11.7. The van der Waals surface area contributed by atoms with Crippen LogP contribution in [0.25, 0.3) is 11.1 Å². The highest BCUT2D eigenvalue weighted by Gasteiger charge is 2.30. The smallest absolute Gasteiger partial charge is 0.337 e. The summed E-state index contributed by atoms with van der Waals surface area (Å²) >= 11 is 0. The standard InChI is InChI=1S/C25H24O4/c1-28-24(26)19-7-3-17(4-8-19)21-11-12-22-14-16(13-21)15-23(22)18-5-9-20(10-6-18)25(27)29-2/h3-11,15-16,22H,12-14H2,1-2H3/t16-,22+/m0/s1. The number of hydrogen-bond donors (Lipinski definition) is 0. The van der Waals surface area contributed by atoms with Gasteiger partial charge in [0.1, 0.15) is 0 Å². The van der Waals surface area contributed by atoms with E-state index in [0.717, 1.165) is 19.3 Å². The Balaban J connectivity index is 1.50. The van der Waals surface area contributed by atoms with Gasteiger partial charge in [-0.2, -0.15) is 0 Å². The Morgan fingerprint density at radius 3 is 1.93 bits per heavy atom. The van der Waals surface area contributed by atoms with Crippen LogP contribution in [0.2, 0.25) is 0 Å². The summed E-state index contributed by atoms with van der Waals surface area (Å²) in [4.78, 5) is 23.3. The molecule has 0 saturated heterocycles. The zero-order valence-electron chi connectivity index (χ0n) is 16.7. The summed E-state index contributed by atoms with van der Waals surface area (Å²) in [5.41, 5.74) is 6.22. The van der Waals surface area contributed by atoms with Gasteiger partial charge in [0.2, 0.25) is 0 Å². The lowest BCUT2D eigenvalue weighted by Gasteiger charge is -2.14. The van der Waals surface area contributed by atoms with E-state index < -0.39 is 0 Å². The second-order valence-corrected chi connectivity index (χ2v) is 7.62. The number of allylic oxidation sites excluding steroid dienone is 4. The van der Waals surface area contributed by atoms with Crippen molar-refractivity contribution in [2.24, 2.45) is 11.8 Å². The van der Waals surface area contributed by atoms with Crippen LogP contribution >= 0.6 is 0 Å². The number of methoxy groups -OCH3 is 2. The summed E-state index contributed by atoms with van der Waals surface area (Å²) in [5.74, 6) is 0.384. The quantitative estimate of drug-likeness (QED) is 0.679. The van der Waals surface area contributed by atoms with Crippen LogP contribution in [-0.4, -0.2) is 26.2 Å². The molecule has 2 aromatic rings. The van der Waals surface area contributed by atoms with Crippen LogP contribution in [0, 0.1) is 11.8 Å². The minimum Gasteiger partial charge on any atom is -0.465 e. The van der Waals surface area contributed by atoms with Gasteiger partial charge in [-0.15, -0.1) is 0 Å². The monoisotopic (exact) mass is 388 g/mol. The summed E-state index contributed by atoms with van der Waals surface area (Å²) in [7, 11) is 2.79. The Hall–Kier alpha value is -3.14. The topological polar surface area (TPSA) is 52.6 Å². The Morgan fingerprint density at radius 2 is 1.38 bits per heavy atom. The van der Waals surface area contributed by atoms with Crippen molar-refractivity contribution in [3.63, 3.8) is 0 Å². The molecule has 2 aliphatic carbocycles. The fourth-order valence-corrected chi connectivity index (χ4v) is 4.39. The molecule has 0 saturated carbocycles. The van der Waals surface area contributed by atoms with E-state index in [0.29, 0.717) is 23.0 Å². The molecular weight excluding hydrogens is 364 g/mol. The van der Waals surface area contributed by atoms with Crippen molar-refractivity contribution in [3.05, 3.63) is 82.9 Å². The first-order chi connectivity index (χ1) is 14.1. The number of hydrogen-bond acceptors (Lipinski definition) is 4. The normalized spacial score (nSPS) is 20.3. The molecule has 0 amide bonds. The molecule has 2 aliphatic rings. The van der Waals surface area contributed by atoms with Crippen LogP contribution in [0.5, 0.6) is 0 Å². The number of ether oxygens (including phenoxy) is 2. The second kappa shape index (κ2) is 8.08. The molecule has 2 aromatic carbocycles. The third kappa shape index (κ3) is 3.88. The van der Waals surface area contributed by atoms with Crippen LogP contribution in [-0.2, 0) is 9.47 Å². The van der Waals surface area contributed by atoms with E-state index in [-0.39, 0.29) is 11.9 Å². The minimum absolute atomic E-state index is 0.307. The van der Waals surface area contributed by atoms with E-state index in [1.165, 1.54) is 36.5 Å². The van der Waals surface area contributed by atoms with Crippen LogP contribution in [0.3, 0.4) is 0 Å². The Kier molecular flexibility index (Phi) is 5.34. The van der Waals surface area contributed by atoms with Crippen LogP contribution in [0.15, 0.2) is 60.7 Å². The number of esters is 2. The highest BCUT2D eigenvalue weighted by atomic mass is 16.5. The van der Waals surface area contributed by atoms with Gasteiger partial charge in [0.15, 0.2) is 0 Å². The molecule has 29 heavy (non-hydrogen) atoms. The highest BCUT2D eigenvalue weighted by molar-refractivity contribution is 5.90. The molecule has 0 unspecified atom stereocenters. The zero-order valence-corrected chi connectivity index (χ0v) is 16.7. The number of rotatable bonds is 4. The van der Waals surface area contributed by atoms with Crippen molar-refractivity contribution in [1.82, 2.24) is 0 Å². The third-order valence-corrected chi connectivity index (χ3v) is 5.89. The van der Waals surface area contributed by atoms with Gasteiger partial charge < -0.3 is 9.47 Å². The first kappa shape index (κ1) is 19.2. The van der Waals surface area contributed by atoms with Crippen molar-refractivity contribution in [3.8, 4) is 0 Å². The summed E-state index contributed by atoms with van der Waals surface area (Å²) in [6.07, 6.45) is 7.88. The van der Waals surface area contributed by atoms with Crippen molar-refractivity contribution in [1.29, 1.82) is 0 Å². The van der Waals surface area contributed by atoms with E-state index in [9.17, 15) is 9.59 Å².